The maximum Gasteiger partial charge on any atom is 0.230 e. The van der Waals surface area contributed by atoms with Gasteiger partial charge < -0.3 is 5.32 Å². The van der Waals surface area contributed by atoms with Crippen LogP contribution >= 0.6 is 11.3 Å². The summed E-state index contributed by atoms with van der Waals surface area (Å²) in [5.41, 5.74) is 5.99. The zero-order valence-corrected chi connectivity index (χ0v) is 17.0. The first kappa shape index (κ1) is 18.4. The van der Waals surface area contributed by atoms with Gasteiger partial charge in [-0.3, -0.25) is 4.79 Å². The Balaban J connectivity index is 1.53. The Morgan fingerprint density at radius 2 is 1.93 bits per heavy atom. The number of benzene rings is 2. The lowest BCUT2D eigenvalue weighted by Crippen LogP contribution is -2.15. The summed E-state index contributed by atoms with van der Waals surface area (Å²) in [4.78, 5) is 17.2. The number of thiazole rings is 1. The van der Waals surface area contributed by atoms with Crippen molar-refractivity contribution in [3.63, 3.8) is 0 Å². The molecule has 0 saturated carbocycles. The van der Waals surface area contributed by atoms with Gasteiger partial charge in [-0.05, 0) is 50.1 Å². The normalized spacial score (nSPS) is 11.1. The molecule has 142 valence electrons. The molecule has 2 aromatic heterocycles. The van der Waals surface area contributed by atoms with Crippen LogP contribution in [0.5, 0.6) is 0 Å². The highest BCUT2D eigenvalue weighted by Crippen LogP contribution is 2.27. The van der Waals surface area contributed by atoms with E-state index in [4.69, 9.17) is 0 Å². The van der Waals surface area contributed by atoms with Gasteiger partial charge in [-0.2, -0.15) is 5.10 Å². The number of nitrogens with one attached hydrogen (secondary N) is 1. The van der Waals surface area contributed by atoms with Crippen molar-refractivity contribution >= 4 is 32.6 Å². The van der Waals surface area contributed by atoms with E-state index in [1.54, 1.807) is 0 Å². The second-order valence-electron chi connectivity index (χ2n) is 6.80. The van der Waals surface area contributed by atoms with Crippen molar-refractivity contribution in [2.75, 3.05) is 5.32 Å². The number of aromatic nitrogens is 3. The molecule has 2 heterocycles. The highest BCUT2D eigenvalue weighted by molar-refractivity contribution is 7.22. The monoisotopic (exact) mass is 390 g/mol. The van der Waals surface area contributed by atoms with E-state index in [9.17, 15) is 4.79 Å². The molecule has 4 aromatic rings. The van der Waals surface area contributed by atoms with Crippen LogP contribution in [0.4, 0.5) is 5.13 Å². The Bertz CT molecular complexity index is 1140. The number of fused-ring (bicyclic) bond motifs is 1. The summed E-state index contributed by atoms with van der Waals surface area (Å²) in [6.45, 7) is 6.07. The molecule has 0 aliphatic carbocycles. The topological polar surface area (TPSA) is 59.8 Å². The summed E-state index contributed by atoms with van der Waals surface area (Å²) in [6, 6.07) is 16.2. The van der Waals surface area contributed by atoms with Crippen molar-refractivity contribution in [3.05, 3.63) is 71.0 Å². The van der Waals surface area contributed by atoms with E-state index in [2.05, 4.69) is 34.5 Å². The van der Waals surface area contributed by atoms with Crippen molar-refractivity contribution in [1.29, 1.82) is 0 Å². The molecule has 6 heteroatoms. The van der Waals surface area contributed by atoms with Crippen molar-refractivity contribution < 1.29 is 4.79 Å². The van der Waals surface area contributed by atoms with E-state index in [-0.39, 0.29) is 12.3 Å². The Morgan fingerprint density at radius 1 is 1.14 bits per heavy atom. The molecule has 0 fully saturated rings. The largest absolute Gasteiger partial charge is 0.302 e. The number of rotatable bonds is 5. The fourth-order valence-corrected chi connectivity index (χ4v) is 4.26. The lowest BCUT2D eigenvalue weighted by atomic mass is 10.1. The molecule has 5 nitrogen and oxygen atoms in total. The van der Waals surface area contributed by atoms with Gasteiger partial charge in [0.05, 0.1) is 28.0 Å². The Hall–Kier alpha value is -2.99. The van der Waals surface area contributed by atoms with Gasteiger partial charge in [-0.15, -0.1) is 0 Å². The number of nitrogens with zero attached hydrogens (tertiary/aromatic N) is 3. The van der Waals surface area contributed by atoms with E-state index in [0.717, 1.165) is 39.3 Å². The average Bonchev–Trinajstić information content (AvgIpc) is 3.22. The Kier molecular flexibility index (Phi) is 4.96. The van der Waals surface area contributed by atoms with Crippen molar-refractivity contribution in [2.24, 2.45) is 0 Å². The van der Waals surface area contributed by atoms with Crippen molar-refractivity contribution in [3.8, 4) is 5.69 Å². The lowest BCUT2D eigenvalue weighted by Gasteiger charge is -2.05. The molecular weight excluding hydrogens is 368 g/mol. The molecule has 0 aliphatic rings. The molecule has 1 amide bonds. The number of carbonyl (C=O) groups is 1. The third-order valence-electron chi connectivity index (χ3n) is 4.89. The summed E-state index contributed by atoms with van der Waals surface area (Å²) in [6.07, 6.45) is 1.26. The van der Waals surface area contributed by atoms with E-state index in [1.165, 1.54) is 16.9 Å². The first-order chi connectivity index (χ1) is 13.5. The van der Waals surface area contributed by atoms with Crippen LogP contribution in [0.15, 0.2) is 48.5 Å². The summed E-state index contributed by atoms with van der Waals surface area (Å²) < 4.78 is 2.99. The van der Waals surface area contributed by atoms with E-state index >= 15 is 0 Å². The van der Waals surface area contributed by atoms with Crippen LogP contribution in [0, 0.1) is 13.8 Å². The number of anilines is 1. The molecule has 28 heavy (non-hydrogen) atoms. The third-order valence-corrected chi connectivity index (χ3v) is 5.82. The van der Waals surface area contributed by atoms with Crippen LogP contribution in [0.1, 0.15) is 29.4 Å². The van der Waals surface area contributed by atoms with Gasteiger partial charge in [0.1, 0.15) is 0 Å². The van der Waals surface area contributed by atoms with Gasteiger partial charge in [0.25, 0.3) is 0 Å². The number of amides is 1. The number of hydrogen-bond donors (Lipinski definition) is 1. The fourth-order valence-electron chi connectivity index (χ4n) is 3.32. The second kappa shape index (κ2) is 7.56. The summed E-state index contributed by atoms with van der Waals surface area (Å²) >= 11 is 1.51. The smallest absolute Gasteiger partial charge is 0.230 e. The van der Waals surface area contributed by atoms with E-state index < -0.39 is 0 Å². The number of hydrogen-bond acceptors (Lipinski definition) is 4. The van der Waals surface area contributed by atoms with Gasteiger partial charge in [0.2, 0.25) is 5.91 Å². The molecule has 0 atom stereocenters. The fraction of sp³-hybridized carbons (Fsp3) is 0.227. The average molecular weight is 391 g/mol. The molecule has 0 bridgehead atoms. The molecule has 4 rings (SSSR count). The summed E-state index contributed by atoms with van der Waals surface area (Å²) in [7, 11) is 0. The van der Waals surface area contributed by atoms with Gasteiger partial charge in [-0.25, -0.2) is 9.67 Å². The quantitative estimate of drug-likeness (QED) is 0.530. The molecule has 0 aliphatic heterocycles. The Labute approximate surface area is 168 Å². The van der Waals surface area contributed by atoms with Crippen LogP contribution in [-0.2, 0) is 17.6 Å². The SMILES string of the molecule is CCc1ccc2nc(NC(=O)Cc3c(C)nn(-c4ccccc4)c3C)sc2c1. The number of aryl methyl sites for hydroxylation is 2. The first-order valence-electron chi connectivity index (χ1n) is 9.35. The van der Waals surface area contributed by atoms with Gasteiger partial charge in [0.15, 0.2) is 5.13 Å². The minimum atomic E-state index is -0.0754. The standard InChI is InChI=1S/C22H22N4OS/c1-4-16-10-11-19-20(12-16)28-22(23-19)24-21(27)13-18-14(2)25-26(15(18)3)17-8-6-5-7-9-17/h5-12H,4,13H2,1-3H3,(H,23,24,27). The Morgan fingerprint density at radius 3 is 2.68 bits per heavy atom. The van der Waals surface area contributed by atoms with Crippen LogP contribution in [0.3, 0.4) is 0 Å². The van der Waals surface area contributed by atoms with Crippen molar-refractivity contribution in [1.82, 2.24) is 14.8 Å². The molecule has 0 saturated heterocycles. The molecule has 0 unspecified atom stereocenters. The van der Waals surface area contributed by atoms with Gasteiger partial charge in [-0.1, -0.05) is 42.5 Å². The minimum absolute atomic E-state index is 0.0754. The maximum atomic E-state index is 12.7. The molecule has 0 radical (unpaired) electrons. The molecule has 1 N–H and O–H groups in total. The zero-order valence-electron chi connectivity index (χ0n) is 16.2. The third kappa shape index (κ3) is 3.55. The number of para-hydroxylation sites is 1. The van der Waals surface area contributed by atoms with E-state index in [1.807, 2.05) is 54.9 Å². The summed E-state index contributed by atoms with van der Waals surface area (Å²) in [5.74, 6) is -0.0754. The molecule has 0 spiro atoms. The van der Waals surface area contributed by atoms with Crippen LogP contribution in [0.25, 0.3) is 15.9 Å². The van der Waals surface area contributed by atoms with Gasteiger partial charge in [0, 0.05) is 11.3 Å². The van der Waals surface area contributed by atoms with Gasteiger partial charge >= 0.3 is 0 Å². The predicted octanol–water partition coefficient (Wildman–Crippen LogP) is 4.84. The van der Waals surface area contributed by atoms with Crippen molar-refractivity contribution in [2.45, 2.75) is 33.6 Å². The van der Waals surface area contributed by atoms with Crippen LogP contribution in [-0.4, -0.2) is 20.7 Å². The second-order valence-corrected chi connectivity index (χ2v) is 7.83. The molecular formula is C22H22N4OS. The zero-order chi connectivity index (χ0) is 19.7. The lowest BCUT2D eigenvalue weighted by molar-refractivity contribution is -0.115. The van der Waals surface area contributed by atoms with Crippen LogP contribution in [0.2, 0.25) is 0 Å². The first-order valence-corrected chi connectivity index (χ1v) is 10.2. The molecule has 2 aromatic carbocycles. The predicted molar refractivity (Wildman–Crippen MR) is 114 cm³/mol. The number of carbonyl (C=O) groups excluding carboxylic acids is 1. The maximum absolute atomic E-state index is 12.7. The minimum Gasteiger partial charge on any atom is -0.302 e. The summed E-state index contributed by atoms with van der Waals surface area (Å²) in [5, 5.41) is 8.21. The van der Waals surface area contributed by atoms with E-state index in [0.29, 0.717) is 5.13 Å². The highest BCUT2D eigenvalue weighted by Gasteiger charge is 2.17. The highest BCUT2D eigenvalue weighted by atomic mass is 32.1. The van der Waals surface area contributed by atoms with Crippen LogP contribution < -0.4 is 5.32 Å².